The highest BCUT2D eigenvalue weighted by molar-refractivity contribution is 6.31. The molecule has 0 radical (unpaired) electrons. The second-order valence-corrected chi connectivity index (χ2v) is 5.20. The average Bonchev–Trinajstić information content (AvgIpc) is 2.55. The van der Waals surface area contributed by atoms with E-state index in [0.717, 1.165) is 22.8 Å². The lowest BCUT2D eigenvalue weighted by atomic mass is 10.2. The van der Waals surface area contributed by atoms with E-state index in [1.165, 1.54) is 0 Å². The Hall–Kier alpha value is -1.68. The number of nitrogen functional groups attached to an aromatic ring is 1. The SMILES string of the molecule is Cc1nn(-c2cc(N)cc(OC(C)C)c2)c(C)c1Cl. The number of aryl methyl sites for hydroxylation is 1. The number of hydrogen-bond donors (Lipinski definition) is 1. The van der Waals surface area contributed by atoms with Gasteiger partial charge in [0.25, 0.3) is 0 Å². The van der Waals surface area contributed by atoms with Gasteiger partial charge in [-0.2, -0.15) is 5.10 Å². The zero-order valence-electron chi connectivity index (χ0n) is 11.6. The van der Waals surface area contributed by atoms with E-state index in [9.17, 15) is 0 Å². The molecule has 102 valence electrons. The summed E-state index contributed by atoms with van der Waals surface area (Å²) in [6, 6.07) is 5.56. The lowest BCUT2D eigenvalue weighted by Gasteiger charge is -2.13. The predicted molar refractivity (Wildman–Crippen MR) is 78.2 cm³/mol. The molecule has 5 heteroatoms. The van der Waals surface area contributed by atoms with Crippen LogP contribution in [-0.2, 0) is 0 Å². The molecular weight excluding hydrogens is 262 g/mol. The van der Waals surface area contributed by atoms with E-state index in [2.05, 4.69) is 5.10 Å². The fourth-order valence-corrected chi connectivity index (χ4v) is 2.06. The Labute approximate surface area is 118 Å². The van der Waals surface area contributed by atoms with Crippen LogP contribution in [0.4, 0.5) is 5.69 Å². The van der Waals surface area contributed by atoms with E-state index in [4.69, 9.17) is 22.1 Å². The predicted octanol–water partition coefficient (Wildman–Crippen LogP) is 3.51. The molecule has 0 amide bonds. The second kappa shape index (κ2) is 5.13. The number of halogens is 1. The minimum absolute atomic E-state index is 0.0960. The number of aromatic nitrogens is 2. The topological polar surface area (TPSA) is 53.1 Å². The molecule has 0 fully saturated rings. The Bertz CT molecular complexity index is 605. The Morgan fingerprint density at radius 1 is 1.26 bits per heavy atom. The van der Waals surface area contributed by atoms with Gasteiger partial charge in [0.1, 0.15) is 5.75 Å². The van der Waals surface area contributed by atoms with Crippen LogP contribution in [0.2, 0.25) is 5.02 Å². The van der Waals surface area contributed by atoms with Crippen molar-refractivity contribution in [2.75, 3.05) is 5.73 Å². The third-order valence-electron chi connectivity index (χ3n) is 2.73. The molecular formula is C14H18ClN3O. The van der Waals surface area contributed by atoms with Crippen LogP contribution < -0.4 is 10.5 Å². The summed E-state index contributed by atoms with van der Waals surface area (Å²) in [5.41, 5.74) is 9.09. The maximum Gasteiger partial charge on any atom is 0.123 e. The molecule has 0 bridgehead atoms. The van der Waals surface area contributed by atoms with E-state index >= 15 is 0 Å². The largest absolute Gasteiger partial charge is 0.491 e. The van der Waals surface area contributed by atoms with Gasteiger partial charge in [0, 0.05) is 17.8 Å². The zero-order chi connectivity index (χ0) is 14.2. The maximum atomic E-state index is 6.17. The minimum Gasteiger partial charge on any atom is -0.491 e. The molecule has 1 aromatic heterocycles. The molecule has 0 saturated heterocycles. The Kier molecular flexibility index (Phi) is 3.71. The van der Waals surface area contributed by atoms with E-state index in [1.54, 1.807) is 10.7 Å². The van der Waals surface area contributed by atoms with Gasteiger partial charge in [-0.05, 0) is 33.8 Å². The Balaban J connectivity index is 2.49. The van der Waals surface area contributed by atoms with Gasteiger partial charge in [-0.3, -0.25) is 0 Å². The van der Waals surface area contributed by atoms with Crippen molar-refractivity contribution in [1.82, 2.24) is 9.78 Å². The first-order valence-corrected chi connectivity index (χ1v) is 6.55. The van der Waals surface area contributed by atoms with Crippen molar-refractivity contribution < 1.29 is 4.74 Å². The molecule has 1 aromatic carbocycles. The molecule has 0 saturated carbocycles. The number of nitrogens with zero attached hydrogens (tertiary/aromatic N) is 2. The number of nitrogens with two attached hydrogens (primary N) is 1. The minimum atomic E-state index is 0.0960. The number of rotatable bonds is 3. The molecule has 1 heterocycles. The standard InChI is InChI=1S/C14H18ClN3O/c1-8(2)19-13-6-11(16)5-12(7-13)18-10(4)14(15)9(3)17-18/h5-8H,16H2,1-4H3. The summed E-state index contributed by atoms with van der Waals surface area (Å²) in [4.78, 5) is 0. The Morgan fingerprint density at radius 3 is 2.47 bits per heavy atom. The maximum absolute atomic E-state index is 6.17. The summed E-state index contributed by atoms with van der Waals surface area (Å²) in [5, 5.41) is 5.09. The van der Waals surface area contributed by atoms with Gasteiger partial charge >= 0.3 is 0 Å². The van der Waals surface area contributed by atoms with Crippen LogP contribution >= 0.6 is 11.6 Å². The number of anilines is 1. The summed E-state index contributed by atoms with van der Waals surface area (Å²) < 4.78 is 7.46. The molecule has 0 atom stereocenters. The van der Waals surface area contributed by atoms with E-state index < -0.39 is 0 Å². The molecule has 4 nitrogen and oxygen atoms in total. The van der Waals surface area contributed by atoms with Gasteiger partial charge < -0.3 is 10.5 Å². The highest BCUT2D eigenvalue weighted by atomic mass is 35.5. The molecule has 0 unspecified atom stereocenters. The smallest absolute Gasteiger partial charge is 0.123 e. The van der Waals surface area contributed by atoms with Crippen LogP contribution in [0.1, 0.15) is 25.2 Å². The monoisotopic (exact) mass is 279 g/mol. The fourth-order valence-electron chi connectivity index (χ4n) is 1.94. The van der Waals surface area contributed by atoms with Crippen molar-refractivity contribution in [2.45, 2.75) is 33.8 Å². The number of hydrogen-bond acceptors (Lipinski definition) is 3. The molecule has 0 aliphatic rings. The molecule has 2 aromatic rings. The molecule has 19 heavy (non-hydrogen) atoms. The van der Waals surface area contributed by atoms with Crippen molar-refractivity contribution in [1.29, 1.82) is 0 Å². The highest BCUT2D eigenvalue weighted by Gasteiger charge is 2.12. The number of ether oxygens (including phenoxy) is 1. The van der Waals surface area contributed by atoms with Crippen molar-refractivity contribution >= 4 is 17.3 Å². The normalized spacial score (nSPS) is 11.1. The summed E-state index contributed by atoms with van der Waals surface area (Å²) in [7, 11) is 0. The molecule has 0 aliphatic carbocycles. The van der Waals surface area contributed by atoms with Crippen LogP contribution in [0.15, 0.2) is 18.2 Å². The highest BCUT2D eigenvalue weighted by Crippen LogP contribution is 2.27. The zero-order valence-corrected chi connectivity index (χ0v) is 12.3. The first-order valence-electron chi connectivity index (χ1n) is 6.18. The molecule has 2 rings (SSSR count). The van der Waals surface area contributed by atoms with Gasteiger partial charge in [-0.15, -0.1) is 0 Å². The molecule has 0 spiro atoms. The molecule has 0 aliphatic heterocycles. The Morgan fingerprint density at radius 2 is 1.95 bits per heavy atom. The summed E-state index contributed by atoms with van der Waals surface area (Å²) in [5.74, 6) is 0.730. The summed E-state index contributed by atoms with van der Waals surface area (Å²) in [6.07, 6.45) is 0.0960. The first kappa shape index (κ1) is 13.7. The van der Waals surface area contributed by atoms with Crippen molar-refractivity contribution in [3.05, 3.63) is 34.6 Å². The van der Waals surface area contributed by atoms with Crippen LogP contribution in [0.25, 0.3) is 5.69 Å². The average molecular weight is 280 g/mol. The van der Waals surface area contributed by atoms with Crippen molar-refractivity contribution in [2.24, 2.45) is 0 Å². The van der Waals surface area contributed by atoms with Gasteiger partial charge in [-0.25, -0.2) is 4.68 Å². The van der Waals surface area contributed by atoms with Gasteiger partial charge in [0.15, 0.2) is 0 Å². The summed E-state index contributed by atoms with van der Waals surface area (Å²) in [6.45, 7) is 7.75. The van der Waals surface area contributed by atoms with Crippen molar-refractivity contribution in [3.63, 3.8) is 0 Å². The lowest BCUT2D eigenvalue weighted by molar-refractivity contribution is 0.242. The van der Waals surface area contributed by atoms with E-state index in [1.807, 2.05) is 39.8 Å². The third-order valence-corrected chi connectivity index (χ3v) is 3.28. The summed E-state index contributed by atoms with van der Waals surface area (Å²) >= 11 is 6.17. The van der Waals surface area contributed by atoms with Gasteiger partial charge in [0.2, 0.25) is 0 Å². The van der Waals surface area contributed by atoms with Crippen LogP contribution in [0.3, 0.4) is 0 Å². The second-order valence-electron chi connectivity index (χ2n) is 4.82. The van der Waals surface area contributed by atoms with Gasteiger partial charge in [0.05, 0.1) is 28.2 Å². The quantitative estimate of drug-likeness (QED) is 0.875. The van der Waals surface area contributed by atoms with Crippen LogP contribution in [-0.4, -0.2) is 15.9 Å². The molecule has 2 N–H and O–H groups in total. The first-order chi connectivity index (χ1) is 8.88. The number of benzene rings is 1. The van der Waals surface area contributed by atoms with E-state index in [-0.39, 0.29) is 6.10 Å². The van der Waals surface area contributed by atoms with E-state index in [0.29, 0.717) is 10.7 Å². The van der Waals surface area contributed by atoms with Gasteiger partial charge in [-0.1, -0.05) is 11.6 Å². The lowest BCUT2D eigenvalue weighted by Crippen LogP contribution is -2.07. The van der Waals surface area contributed by atoms with Crippen LogP contribution in [0.5, 0.6) is 5.75 Å². The third kappa shape index (κ3) is 2.84. The fraction of sp³-hybridized carbons (Fsp3) is 0.357. The van der Waals surface area contributed by atoms with Crippen LogP contribution in [0, 0.1) is 13.8 Å². The van der Waals surface area contributed by atoms with Crippen molar-refractivity contribution in [3.8, 4) is 11.4 Å².